The summed E-state index contributed by atoms with van der Waals surface area (Å²) < 4.78 is 5.97. The second kappa shape index (κ2) is 4.94. The summed E-state index contributed by atoms with van der Waals surface area (Å²) in [6.45, 7) is 0. The second-order valence-corrected chi connectivity index (χ2v) is 5.13. The lowest BCUT2D eigenvalue weighted by Crippen LogP contribution is -2.03. The third kappa shape index (κ3) is 2.07. The van der Waals surface area contributed by atoms with E-state index >= 15 is 0 Å². The lowest BCUT2D eigenvalue weighted by Gasteiger charge is -2.22. The highest BCUT2D eigenvalue weighted by Crippen LogP contribution is 2.43. The van der Waals surface area contributed by atoms with E-state index in [-0.39, 0.29) is 0 Å². The summed E-state index contributed by atoms with van der Waals surface area (Å²) in [5, 5.41) is 12.3. The number of hydrogen-bond donors (Lipinski definition) is 1. The molecule has 3 aromatic carbocycles. The van der Waals surface area contributed by atoms with Crippen LogP contribution in [0.1, 0.15) is 5.56 Å². The molecule has 0 unspecified atom stereocenters. The Bertz CT molecular complexity index is 895. The Morgan fingerprint density at radius 2 is 1.50 bits per heavy atom. The molecule has 1 aliphatic heterocycles. The van der Waals surface area contributed by atoms with E-state index in [4.69, 9.17) is 10.00 Å². The molecule has 0 radical (unpaired) electrons. The molecule has 3 heteroatoms. The average Bonchev–Trinajstić information content (AvgIpc) is 2.59. The summed E-state index contributed by atoms with van der Waals surface area (Å²) in [4.78, 5) is 0. The molecule has 3 aromatic rings. The fourth-order valence-electron chi connectivity index (χ4n) is 2.56. The number of nitrogens with one attached hydrogen (secondary N) is 1. The first-order valence-corrected chi connectivity index (χ1v) is 7.02. The van der Waals surface area contributed by atoms with Crippen LogP contribution in [0.2, 0.25) is 0 Å². The number of fused-ring (bicyclic) bond motifs is 2. The summed E-state index contributed by atoms with van der Waals surface area (Å²) in [6, 6.07) is 23.8. The van der Waals surface area contributed by atoms with Crippen LogP contribution < -0.4 is 10.1 Å². The first-order valence-electron chi connectivity index (χ1n) is 7.02. The average molecular weight is 284 g/mol. The van der Waals surface area contributed by atoms with Crippen LogP contribution in [0, 0.1) is 11.3 Å². The predicted octanol–water partition coefficient (Wildman–Crippen LogP) is 5.07. The Hall–Kier alpha value is -3.25. The third-order valence-corrected chi connectivity index (χ3v) is 3.69. The molecular formula is C19H12N2O. The lowest BCUT2D eigenvalue weighted by atomic mass is 10.0. The van der Waals surface area contributed by atoms with Gasteiger partial charge in [0.15, 0.2) is 11.5 Å². The minimum absolute atomic E-state index is 0.586. The predicted molar refractivity (Wildman–Crippen MR) is 86.4 cm³/mol. The van der Waals surface area contributed by atoms with Gasteiger partial charge in [-0.05, 0) is 35.4 Å². The summed E-state index contributed by atoms with van der Waals surface area (Å²) >= 11 is 0. The molecule has 0 aliphatic carbocycles. The molecule has 0 atom stereocenters. The van der Waals surface area contributed by atoms with Crippen LogP contribution in [-0.4, -0.2) is 0 Å². The Labute approximate surface area is 128 Å². The molecule has 0 saturated carbocycles. The first kappa shape index (κ1) is 12.5. The van der Waals surface area contributed by atoms with E-state index in [1.54, 1.807) is 12.1 Å². The van der Waals surface area contributed by atoms with E-state index in [1.165, 1.54) is 0 Å². The molecule has 0 saturated heterocycles. The van der Waals surface area contributed by atoms with Crippen molar-refractivity contribution < 1.29 is 4.74 Å². The summed E-state index contributed by atoms with van der Waals surface area (Å²) in [7, 11) is 0. The number of nitrogens with zero attached hydrogens (tertiary/aromatic N) is 1. The molecule has 1 aliphatic rings. The van der Waals surface area contributed by atoms with Crippen molar-refractivity contribution in [3.05, 3.63) is 72.3 Å². The number of hydrogen-bond acceptors (Lipinski definition) is 3. The Kier molecular flexibility index (Phi) is 2.80. The zero-order valence-electron chi connectivity index (χ0n) is 11.7. The van der Waals surface area contributed by atoms with Gasteiger partial charge in [-0.1, -0.05) is 36.4 Å². The number of anilines is 2. The molecule has 104 valence electrons. The molecule has 0 fully saturated rings. The largest absolute Gasteiger partial charge is 0.453 e. The van der Waals surface area contributed by atoms with Crippen LogP contribution in [-0.2, 0) is 0 Å². The molecule has 0 aromatic heterocycles. The normalized spacial score (nSPS) is 11.4. The minimum Gasteiger partial charge on any atom is -0.453 e. The van der Waals surface area contributed by atoms with E-state index in [1.807, 2.05) is 36.4 Å². The maximum Gasteiger partial charge on any atom is 0.152 e. The second-order valence-electron chi connectivity index (χ2n) is 5.13. The molecule has 22 heavy (non-hydrogen) atoms. The van der Waals surface area contributed by atoms with Gasteiger partial charge in [0.05, 0.1) is 23.0 Å². The molecule has 1 heterocycles. The Morgan fingerprint density at radius 3 is 2.27 bits per heavy atom. The standard InChI is InChI=1S/C19H12N2O/c20-12-13-6-8-16-18(10-13)22-19-11-15(7-9-17(19)21-16)14-4-2-1-3-5-14/h1-11,21H. The van der Waals surface area contributed by atoms with Gasteiger partial charge in [0.25, 0.3) is 0 Å². The number of rotatable bonds is 1. The van der Waals surface area contributed by atoms with Gasteiger partial charge < -0.3 is 10.1 Å². The molecule has 4 rings (SSSR count). The van der Waals surface area contributed by atoms with Crippen LogP contribution in [0.15, 0.2) is 66.7 Å². The number of benzene rings is 3. The van der Waals surface area contributed by atoms with Gasteiger partial charge in [-0.25, -0.2) is 0 Å². The monoisotopic (exact) mass is 284 g/mol. The molecular weight excluding hydrogens is 272 g/mol. The van der Waals surface area contributed by atoms with Gasteiger partial charge in [0.1, 0.15) is 0 Å². The highest BCUT2D eigenvalue weighted by Gasteiger charge is 2.17. The smallest absolute Gasteiger partial charge is 0.152 e. The maximum absolute atomic E-state index is 9.00. The van der Waals surface area contributed by atoms with E-state index < -0.39 is 0 Å². The lowest BCUT2D eigenvalue weighted by molar-refractivity contribution is 0.481. The van der Waals surface area contributed by atoms with Crippen molar-refractivity contribution in [3.8, 4) is 28.7 Å². The number of nitriles is 1. The quantitative estimate of drug-likeness (QED) is 0.530. The van der Waals surface area contributed by atoms with Gasteiger partial charge in [0, 0.05) is 6.07 Å². The van der Waals surface area contributed by atoms with E-state index in [0.717, 1.165) is 28.3 Å². The molecule has 0 bridgehead atoms. The van der Waals surface area contributed by atoms with Gasteiger partial charge >= 0.3 is 0 Å². The third-order valence-electron chi connectivity index (χ3n) is 3.69. The van der Waals surface area contributed by atoms with Crippen molar-refractivity contribution in [2.24, 2.45) is 0 Å². The van der Waals surface area contributed by atoms with Crippen LogP contribution in [0.5, 0.6) is 11.5 Å². The van der Waals surface area contributed by atoms with Crippen molar-refractivity contribution in [1.29, 1.82) is 5.26 Å². The van der Waals surface area contributed by atoms with Crippen molar-refractivity contribution in [3.63, 3.8) is 0 Å². The SMILES string of the molecule is N#Cc1ccc2c(c1)Oc1cc(-c3ccccc3)ccc1N2. The molecule has 3 nitrogen and oxygen atoms in total. The molecule has 0 spiro atoms. The highest BCUT2D eigenvalue weighted by molar-refractivity contribution is 5.79. The van der Waals surface area contributed by atoms with Crippen molar-refractivity contribution in [1.82, 2.24) is 0 Å². The van der Waals surface area contributed by atoms with Crippen LogP contribution in [0.4, 0.5) is 11.4 Å². The van der Waals surface area contributed by atoms with Crippen LogP contribution in [0.25, 0.3) is 11.1 Å². The van der Waals surface area contributed by atoms with Crippen LogP contribution in [0.3, 0.4) is 0 Å². The molecule has 1 N–H and O–H groups in total. The van der Waals surface area contributed by atoms with Crippen molar-refractivity contribution >= 4 is 11.4 Å². The van der Waals surface area contributed by atoms with Gasteiger partial charge in [-0.2, -0.15) is 5.26 Å². The summed E-state index contributed by atoms with van der Waals surface area (Å²) in [6.07, 6.45) is 0. The van der Waals surface area contributed by atoms with E-state index in [0.29, 0.717) is 11.3 Å². The Morgan fingerprint density at radius 1 is 0.773 bits per heavy atom. The van der Waals surface area contributed by atoms with Crippen molar-refractivity contribution in [2.75, 3.05) is 5.32 Å². The minimum atomic E-state index is 0.586. The van der Waals surface area contributed by atoms with Crippen LogP contribution >= 0.6 is 0 Å². The Balaban J connectivity index is 1.75. The zero-order valence-corrected chi connectivity index (χ0v) is 11.7. The number of ether oxygens (including phenoxy) is 1. The highest BCUT2D eigenvalue weighted by atomic mass is 16.5. The van der Waals surface area contributed by atoms with Crippen molar-refractivity contribution in [2.45, 2.75) is 0 Å². The fourth-order valence-corrected chi connectivity index (χ4v) is 2.56. The van der Waals surface area contributed by atoms with Gasteiger partial charge in [0.2, 0.25) is 0 Å². The van der Waals surface area contributed by atoms with E-state index in [2.05, 4.69) is 29.6 Å². The first-order chi connectivity index (χ1) is 10.8. The molecule has 0 amide bonds. The van der Waals surface area contributed by atoms with Gasteiger partial charge in [-0.3, -0.25) is 0 Å². The topological polar surface area (TPSA) is 45.0 Å². The fraction of sp³-hybridized carbons (Fsp3) is 0. The van der Waals surface area contributed by atoms with E-state index in [9.17, 15) is 0 Å². The maximum atomic E-state index is 9.00. The summed E-state index contributed by atoms with van der Waals surface area (Å²) in [5.74, 6) is 1.45. The zero-order chi connectivity index (χ0) is 14.9. The summed E-state index contributed by atoms with van der Waals surface area (Å²) in [5.41, 5.74) is 4.63. The van der Waals surface area contributed by atoms with Gasteiger partial charge in [-0.15, -0.1) is 0 Å².